The predicted molar refractivity (Wildman–Crippen MR) is 85.7 cm³/mol. The van der Waals surface area contributed by atoms with Gasteiger partial charge in [-0.3, -0.25) is 4.79 Å². The van der Waals surface area contributed by atoms with Gasteiger partial charge in [0.15, 0.2) is 5.13 Å². The Hall–Kier alpha value is -0.590. The molecule has 1 amide bonds. The van der Waals surface area contributed by atoms with E-state index in [-0.39, 0.29) is 5.91 Å². The fourth-order valence-electron chi connectivity index (χ4n) is 2.72. The number of nitrogens with zero attached hydrogens (tertiary/aromatic N) is 1. The molecule has 0 radical (unpaired) electrons. The van der Waals surface area contributed by atoms with E-state index < -0.39 is 0 Å². The third-order valence-electron chi connectivity index (χ3n) is 3.83. The molecule has 0 aromatic carbocycles. The molecule has 2 heterocycles. The lowest BCUT2D eigenvalue weighted by Crippen LogP contribution is -2.30. The number of amides is 1. The lowest BCUT2D eigenvalue weighted by atomic mass is 10.0. The van der Waals surface area contributed by atoms with Gasteiger partial charge in [-0.25, -0.2) is 4.98 Å². The van der Waals surface area contributed by atoms with Gasteiger partial charge in [0.2, 0.25) is 5.91 Å². The maximum Gasteiger partial charge on any atom is 0.236 e. The summed E-state index contributed by atoms with van der Waals surface area (Å²) in [5.74, 6) is 0.647. The Labute approximate surface area is 128 Å². The number of rotatable bonds is 4. The summed E-state index contributed by atoms with van der Waals surface area (Å²) in [6.45, 7) is 2.16. The van der Waals surface area contributed by atoms with Gasteiger partial charge >= 0.3 is 0 Å². The standard InChI is InChI=1S/C14H21N3OS2/c18-13(9-19-10-5-7-15-8-6-10)17-14-16-11-3-1-2-4-12(11)20-14/h10,15H,1-9H2,(H,16,17,18). The van der Waals surface area contributed by atoms with Crippen molar-refractivity contribution in [3.05, 3.63) is 10.6 Å². The number of carbonyl (C=O) groups is 1. The number of aromatic nitrogens is 1. The lowest BCUT2D eigenvalue weighted by molar-refractivity contribution is -0.113. The molecule has 0 bridgehead atoms. The van der Waals surface area contributed by atoms with Crippen molar-refractivity contribution in [1.29, 1.82) is 0 Å². The van der Waals surface area contributed by atoms with Gasteiger partial charge in [0, 0.05) is 10.1 Å². The van der Waals surface area contributed by atoms with Crippen molar-refractivity contribution in [2.75, 3.05) is 24.2 Å². The van der Waals surface area contributed by atoms with Gasteiger partial charge in [-0.05, 0) is 51.6 Å². The van der Waals surface area contributed by atoms with Crippen LogP contribution in [0.5, 0.6) is 0 Å². The molecule has 1 saturated heterocycles. The molecular formula is C14H21N3OS2. The Kier molecular flexibility index (Phi) is 4.96. The van der Waals surface area contributed by atoms with Crippen LogP contribution in [-0.2, 0) is 17.6 Å². The first-order valence-electron chi connectivity index (χ1n) is 7.42. The third kappa shape index (κ3) is 3.74. The highest BCUT2D eigenvalue weighted by molar-refractivity contribution is 8.00. The van der Waals surface area contributed by atoms with Crippen LogP contribution >= 0.6 is 23.1 Å². The van der Waals surface area contributed by atoms with Gasteiger partial charge in [0.05, 0.1) is 11.4 Å². The molecule has 0 atom stereocenters. The molecule has 1 aliphatic heterocycles. The van der Waals surface area contributed by atoms with E-state index in [1.807, 2.05) is 0 Å². The average Bonchev–Trinajstić information content (AvgIpc) is 2.88. The number of thioether (sulfide) groups is 1. The number of piperidine rings is 1. The molecule has 2 N–H and O–H groups in total. The summed E-state index contributed by atoms with van der Waals surface area (Å²) in [7, 11) is 0. The zero-order chi connectivity index (χ0) is 13.8. The molecule has 20 heavy (non-hydrogen) atoms. The van der Waals surface area contributed by atoms with E-state index in [4.69, 9.17) is 0 Å². The Bertz CT molecular complexity index is 445. The van der Waals surface area contributed by atoms with Gasteiger partial charge in [0.25, 0.3) is 0 Å². The Morgan fingerprint density at radius 2 is 2.15 bits per heavy atom. The lowest BCUT2D eigenvalue weighted by Gasteiger charge is -2.21. The van der Waals surface area contributed by atoms with Gasteiger partial charge < -0.3 is 10.6 Å². The number of anilines is 1. The van der Waals surface area contributed by atoms with Crippen molar-refractivity contribution in [3.63, 3.8) is 0 Å². The fourth-order valence-corrected chi connectivity index (χ4v) is 4.81. The Morgan fingerprint density at radius 1 is 1.35 bits per heavy atom. The van der Waals surface area contributed by atoms with Gasteiger partial charge in [0.1, 0.15) is 0 Å². The SMILES string of the molecule is O=C(CSC1CCNCC1)Nc1nc2c(s1)CCCC2. The highest BCUT2D eigenvalue weighted by atomic mass is 32.2. The smallest absolute Gasteiger partial charge is 0.236 e. The molecule has 3 rings (SSSR count). The van der Waals surface area contributed by atoms with E-state index in [0.717, 1.165) is 31.1 Å². The molecule has 1 aliphatic carbocycles. The first-order valence-corrected chi connectivity index (χ1v) is 9.28. The second-order valence-electron chi connectivity index (χ2n) is 5.40. The number of aryl methyl sites for hydroxylation is 2. The molecule has 4 nitrogen and oxygen atoms in total. The molecule has 110 valence electrons. The predicted octanol–water partition coefficient (Wildman–Crippen LogP) is 2.45. The number of carbonyl (C=O) groups excluding carboxylic acids is 1. The molecule has 0 saturated carbocycles. The Balaban J connectivity index is 1.47. The second kappa shape index (κ2) is 6.91. The van der Waals surface area contributed by atoms with Crippen molar-refractivity contribution < 1.29 is 4.79 Å². The van der Waals surface area contributed by atoms with Crippen LogP contribution in [0.4, 0.5) is 5.13 Å². The van der Waals surface area contributed by atoms with E-state index >= 15 is 0 Å². The van der Waals surface area contributed by atoms with E-state index in [0.29, 0.717) is 11.0 Å². The quantitative estimate of drug-likeness (QED) is 0.897. The van der Waals surface area contributed by atoms with Crippen LogP contribution in [-0.4, -0.2) is 35.0 Å². The number of nitrogens with one attached hydrogen (secondary N) is 2. The second-order valence-corrected chi connectivity index (χ2v) is 7.78. The van der Waals surface area contributed by atoms with Crippen LogP contribution in [0.1, 0.15) is 36.3 Å². The normalized spacial score (nSPS) is 19.6. The summed E-state index contributed by atoms with van der Waals surface area (Å²) in [6.07, 6.45) is 7.04. The first kappa shape index (κ1) is 14.4. The molecule has 0 spiro atoms. The van der Waals surface area contributed by atoms with Gasteiger partial charge in [-0.2, -0.15) is 0 Å². The van der Waals surface area contributed by atoms with Crippen LogP contribution in [0.2, 0.25) is 0 Å². The summed E-state index contributed by atoms with van der Waals surface area (Å²) < 4.78 is 0. The summed E-state index contributed by atoms with van der Waals surface area (Å²) in [5, 5.41) is 7.75. The number of fused-ring (bicyclic) bond motifs is 1. The van der Waals surface area contributed by atoms with Crippen molar-refractivity contribution in [2.45, 2.75) is 43.8 Å². The average molecular weight is 311 g/mol. The first-order chi connectivity index (χ1) is 9.81. The summed E-state index contributed by atoms with van der Waals surface area (Å²) in [6, 6.07) is 0. The van der Waals surface area contributed by atoms with E-state index in [1.165, 1.54) is 36.3 Å². The van der Waals surface area contributed by atoms with Crippen molar-refractivity contribution in [1.82, 2.24) is 10.3 Å². The maximum atomic E-state index is 12.0. The zero-order valence-corrected chi connectivity index (χ0v) is 13.2. The number of hydrogen-bond acceptors (Lipinski definition) is 5. The zero-order valence-electron chi connectivity index (χ0n) is 11.6. The minimum Gasteiger partial charge on any atom is -0.317 e. The highest BCUT2D eigenvalue weighted by Gasteiger charge is 2.18. The number of thiazole rings is 1. The number of hydrogen-bond donors (Lipinski definition) is 2. The van der Waals surface area contributed by atoms with E-state index in [1.54, 1.807) is 23.1 Å². The largest absolute Gasteiger partial charge is 0.317 e. The third-order valence-corrected chi connectivity index (χ3v) is 6.27. The van der Waals surface area contributed by atoms with Crippen molar-refractivity contribution in [2.24, 2.45) is 0 Å². The van der Waals surface area contributed by atoms with Crippen LogP contribution in [0.15, 0.2) is 0 Å². The van der Waals surface area contributed by atoms with Crippen molar-refractivity contribution >= 4 is 34.1 Å². The summed E-state index contributed by atoms with van der Waals surface area (Å²) in [4.78, 5) is 17.9. The molecular weight excluding hydrogens is 290 g/mol. The molecule has 0 unspecified atom stereocenters. The van der Waals surface area contributed by atoms with Gasteiger partial charge in [-0.15, -0.1) is 23.1 Å². The van der Waals surface area contributed by atoms with E-state index in [9.17, 15) is 4.79 Å². The van der Waals surface area contributed by atoms with Crippen molar-refractivity contribution in [3.8, 4) is 0 Å². The van der Waals surface area contributed by atoms with Crippen LogP contribution in [0.3, 0.4) is 0 Å². The maximum absolute atomic E-state index is 12.0. The summed E-state index contributed by atoms with van der Waals surface area (Å²) in [5.41, 5.74) is 1.21. The molecule has 2 aliphatic rings. The monoisotopic (exact) mass is 311 g/mol. The van der Waals surface area contributed by atoms with E-state index in [2.05, 4.69) is 15.6 Å². The molecule has 6 heteroatoms. The fraction of sp³-hybridized carbons (Fsp3) is 0.714. The minimum absolute atomic E-state index is 0.0969. The topological polar surface area (TPSA) is 54.0 Å². The van der Waals surface area contributed by atoms with Crippen LogP contribution in [0, 0.1) is 0 Å². The van der Waals surface area contributed by atoms with Crippen LogP contribution < -0.4 is 10.6 Å². The molecule has 1 fully saturated rings. The Morgan fingerprint density at radius 3 is 2.95 bits per heavy atom. The minimum atomic E-state index is 0.0969. The summed E-state index contributed by atoms with van der Waals surface area (Å²) >= 11 is 3.45. The molecule has 1 aromatic heterocycles. The highest BCUT2D eigenvalue weighted by Crippen LogP contribution is 2.29. The van der Waals surface area contributed by atoms with Gasteiger partial charge in [-0.1, -0.05) is 0 Å². The van der Waals surface area contributed by atoms with Crippen LogP contribution in [0.25, 0.3) is 0 Å². The molecule has 1 aromatic rings.